The Bertz CT molecular complexity index is 1930. The number of hydrogen-bond donors (Lipinski definition) is 2. The van der Waals surface area contributed by atoms with Gasteiger partial charge >= 0.3 is 5.97 Å². The molecule has 2 aliphatic carbocycles. The number of ether oxygens (including phenoxy) is 1. The molecule has 0 spiro atoms. The number of carboxylic acids is 1. The highest BCUT2D eigenvalue weighted by Gasteiger charge is 2.70. The topological polar surface area (TPSA) is 142 Å². The summed E-state index contributed by atoms with van der Waals surface area (Å²) in [6.45, 7) is -0.257. The van der Waals surface area contributed by atoms with Gasteiger partial charge in [0.05, 0.1) is 42.4 Å². The van der Waals surface area contributed by atoms with Crippen LogP contribution < -0.4 is 9.64 Å². The minimum Gasteiger partial charge on any atom is -0.504 e. The summed E-state index contributed by atoms with van der Waals surface area (Å²) >= 11 is 9.88. The van der Waals surface area contributed by atoms with Crippen LogP contribution in [0.4, 0.5) is 5.69 Å². The van der Waals surface area contributed by atoms with Crippen molar-refractivity contribution in [3.63, 3.8) is 0 Å². The molecule has 48 heavy (non-hydrogen) atoms. The summed E-state index contributed by atoms with van der Waals surface area (Å²) in [5.41, 5.74) is 0.243. The number of amides is 4. The molecule has 7 rings (SSSR count). The number of phenols is 1. The van der Waals surface area contributed by atoms with Crippen molar-refractivity contribution in [1.29, 1.82) is 0 Å². The number of halogens is 2. The number of methoxy groups -OCH3 is 1. The first-order valence-corrected chi connectivity index (χ1v) is 16.7. The van der Waals surface area contributed by atoms with Gasteiger partial charge in [-0.2, -0.15) is 0 Å². The van der Waals surface area contributed by atoms with Crippen molar-refractivity contribution in [1.82, 2.24) is 4.90 Å². The number of carbonyl (C=O) groups excluding carboxylic acids is 4. The number of aromatic hydroxyl groups is 1. The number of nitrogens with zero attached hydrogens (tertiary/aromatic N) is 2. The highest BCUT2D eigenvalue weighted by atomic mass is 79.9. The van der Waals surface area contributed by atoms with E-state index >= 15 is 4.79 Å². The van der Waals surface area contributed by atoms with E-state index in [0.29, 0.717) is 31.9 Å². The normalized spacial score (nSPS) is 27.8. The van der Waals surface area contributed by atoms with Crippen LogP contribution in [0.3, 0.4) is 0 Å². The molecule has 12 heteroatoms. The molecule has 4 aliphatic rings. The van der Waals surface area contributed by atoms with Crippen molar-refractivity contribution in [2.24, 2.45) is 23.7 Å². The van der Waals surface area contributed by atoms with Crippen molar-refractivity contribution in [2.45, 2.75) is 30.6 Å². The molecule has 0 bridgehead atoms. The maximum atomic E-state index is 15.3. The first-order chi connectivity index (χ1) is 23.0. The Balaban J connectivity index is 1.49. The van der Waals surface area contributed by atoms with E-state index < -0.39 is 71.0 Å². The Morgan fingerprint density at radius 2 is 1.75 bits per heavy atom. The second-order valence-electron chi connectivity index (χ2n) is 12.6. The molecular weight excluding hydrogens is 704 g/mol. The molecule has 0 aromatic heterocycles. The Morgan fingerprint density at radius 1 is 1.00 bits per heavy atom. The molecule has 3 fully saturated rings. The molecule has 10 nitrogen and oxygen atoms in total. The van der Waals surface area contributed by atoms with Crippen LogP contribution in [0.5, 0.6) is 11.5 Å². The predicted molar refractivity (Wildman–Crippen MR) is 177 cm³/mol. The zero-order valence-electron chi connectivity index (χ0n) is 25.6. The third-order valence-corrected chi connectivity index (χ3v) is 11.1. The Kier molecular flexibility index (Phi) is 7.95. The number of imide groups is 2. The number of phenolic OH excluding ortho intramolecular Hbond substituents is 1. The number of hydrogen-bond acceptors (Lipinski definition) is 7. The number of anilines is 1. The van der Waals surface area contributed by atoms with Crippen molar-refractivity contribution in [2.75, 3.05) is 18.6 Å². The third-order valence-electron chi connectivity index (χ3n) is 10.4. The number of carbonyl (C=O) groups is 5. The summed E-state index contributed by atoms with van der Waals surface area (Å²) in [5.74, 6) is -7.41. The molecule has 2 aliphatic heterocycles. The van der Waals surface area contributed by atoms with Gasteiger partial charge in [0.25, 0.3) is 0 Å². The number of benzene rings is 3. The van der Waals surface area contributed by atoms with Crippen LogP contribution in [0.1, 0.15) is 36.3 Å². The van der Waals surface area contributed by atoms with E-state index in [1.807, 2.05) is 12.1 Å². The summed E-state index contributed by atoms with van der Waals surface area (Å²) in [5, 5.41) is 21.4. The van der Waals surface area contributed by atoms with Crippen LogP contribution in [-0.4, -0.2) is 58.4 Å². The summed E-state index contributed by atoms with van der Waals surface area (Å²) in [4.78, 5) is 71.1. The second-order valence-corrected chi connectivity index (χ2v) is 14.0. The fourth-order valence-corrected chi connectivity index (χ4v) is 9.19. The molecule has 3 aromatic carbocycles. The third kappa shape index (κ3) is 4.62. The van der Waals surface area contributed by atoms with Gasteiger partial charge in [0.2, 0.25) is 23.6 Å². The lowest BCUT2D eigenvalue weighted by Gasteiger charge is -2.50. The van der Waals surface area contributed by atoms with E-state index in [4.69, 9.17) is 16.3 Å². The summed E-state index contributed by atoms with van der Waals surface area (Å²) in [6, 6.07) is 18.7. The van der Waals surface area contributed by atoms with E-state index in [-0.39, 0.29) is 30.9 Å². The van der Waals surface area contributed by atoms with Gasteiger partial charge in [0.15, 0.2) is 11.5 Å². The smallest absolute Gasteiger partial charge is 0.305 e. The van der Waals surface area contributed by atoms with Gasteiger partial charge in [-0.3, -0.25) is 28.9 Å². The number of rotatable bonds is 7. The standard InChI is InChI=1S/C36H30BrClN2O8/c1-48-27-15-19(37)14-25(31(27)43)30-22-10-11-23-29(34(46)39(32(23)44)13-12-28(41)42)24(22)17-26-33(45)40(21-9-5-8-20(38)16-21)35(47)36(26,30)18-6-3-2-4-7-18/h2-10,14-16,23-24,26,29-30,43H,11-13,17H2,1H3,(H,41,42)/t23-,24+,26-,29-,30+,36+/m0/s1. The van der Waals surface area contributed by atoms with E-state index in [1.165, 1.54) is 7.11 Å². The van der Waals surface area contributed by atoms with Gasteiger partial charge in [-0.1, -0.05) is 75.6 Å². The Labute approximate surface area is 289 Å². The van der Waals surface area contributed by atoms with E-state index in [0.717, 1.165) is 9.80 Å². The molecule has 2 N–H and O–H groups in total. The lowest BCUT2D eigenvalue weighted by Crippen LogP contribution is -2.53. The molecule has 246 valence electrons. The van der Waals surface area contributed by atoms with Gasteiger partial charge in [0.1, 0.15) is 0 Å². The lowest BCUT2D eigenvalue weighted by molar-refractivity contribution is -0.142. The fraction of sp³-hybridized carbons (Fsp3) is 0.306. The van der Waals surface area contributed by atoms with Gasteiger partial charge in [-0.15, -0.1) is 0 Å². The Morgan fingerprint density at radius 3 is 2.44 bits per heavy atom. The predicted octanol–water partition coefficient (Wildman–Crippen LogP) is 5.45. The summed E-state index contributed by atoms with van der Waals surface area (Å²) < 4.78 is 6.08. The first-order valence-electron chi connectivity index (χ1n) is 15.5. The zero-order valence-corrected chi connectivity index (χ0v) is 28.0. The van der Waals surface area contributed by atoms with Gasteiger partial charge in [0, 0.05) is 27.5 Å². The number of carboxylic acid groups (broad SMARTS) is 1. The summed E-state index contributed by atoms with van der Waals surface area (Å²) in [7, 11) is 1.41. The van der Waals surface area contributed by atoms with E-state index in [1.54, 1.807) is 60.7 Å². The SMILES string of the molecule is COc1cc(Br)cc([C@H]2C3=CC[C@@H]4C(=O)N(CCC(=O)O)C(=O)[C@@H]4[C@@H]3C[C@H]3C(=O)N(c4cccc(Cl)c4)C(=O)[C@@]23c2ccccc2)c1O. The van der Waals surface area contributed by atoms with Gasteiger partial charge in [-0.05, 0) is 54.7 Å². The molecule has 0 unspecified atom stereocenters. The minimum atomic E-state index is -1.58. The van der Waals surface area contributed by atoms with Crippen molar-refractivity contribution in [3.8, 4) is 11.5 Å². The molecule has 0 radical (unpaired) electrons. The van der Waals surface area contributed by atoms with Crippen LogP contribution in [0.15, 0.2) is 82.9 Å². The quantitative estimate of drug-likeness (QED) is 0.241. The largest absolute Gasteiger partial charge is 0.504 e. The molecule has 3 aromatic rings. The second kappa shape index (κ2) is 11.9. The fourth-order valence-electron chi connectivity index (χ4n) is 8.55. The number of allylic oxidation sites excluding steroid dienone is 2. The average molecular weight is 734 g/mol. The van der Waals surface area contributed by atoms with Crippen molar-refractivity contribution < 1.29 is 38.9 Å². The monoisotopic (exact) mass is 732 g/mol. The maximum Gasteiger partial charge on any atom is 0.305 e. The lowest BCUT2D eigenvalue weighted by atomic mass is 9.49. The molecule has 1 saturated carbocycles. The molecule has 2 saturated heterocycles. The van der Waals surface area contributed by atoms with Crippen LogP contribution in [0.25, 0.3) is 0 Å². The van der Waals surface area contributed by atoms with Crippen LogP contribution >= 0.6 is 27.5 Å². The van der Waals surface area contributed by atoms with Crippen molar-refractivity contribution >= 4 is 62.8 Å². The van der Waals surface area contributed by atoms with E-state index in [9.17, 15) is 29.4 Å². The first kappa shape index (κ1) is 32.1. The van der Waals surface area contributed by atoms with E-state index in [2.05, 4.69) is 15.9 Å². The Hall–Kier alpha value is -4.48. The molecule has 4 amide bonds. The molecule has 6 atom stereocenters. The van der Waals surface area contributed by atoms with Gasteiger partial charge < -0.3 is 14.9 Å². The van der Waals surface area contributed by atoms with Crippen LogP contribution in [-0.2, 0) is 29.4 Å². The number of fused-ring (bicyclic) bond motifs is 4. The average Bonchev–Trinajstić information content (AvgIpc) is 3.45. The van der Waals surface area contributed by atoms with Gasteiger partial charge in [-0.25, -0.2) is 4.90 Å². The maximum absolute atomic E-state index is 15.3. The zero-order chi connectivity index (χ0) is 34.1. The highest BCUT2D eigenvalue weighted by Crippen LogP contribution is 2.65. The van der Waals surface area contributed by atoms with Crippen molar-refractivity contribution in [3.05, 3.63) is 99.0 Å². The molecular formula is C36H30BrClN2O8. The minimum absolute atomic E-state index is 0.0672. The number of likely N-dealkylation sites (tertiary alicyclic amines) is 1. The summed E-state index contributed by atoms with van der Waals surface area (Å²) in [6.07, 6.45) is 1.72. The van der Waals surface area contributed by atoms with Crippen LogP contribution in [0.2, 0.25) is 5.02 Å². The number of aliphatic carboxylic acids is 1. The molecule has 2 heterocycles. The highest BCUT2D eigenvalue weighted by molar-refractivity contribution is 9.10. The van der Waals surface area contributed by atoms with Crippen LogP contribution in [0, 0.1) is 23.7 Å².